The van der Waals surface area contributed by atoms with Crippen LogP contribution in [-0.2, 0) is 0 Å². The smallest absolute Gasteiger partial charge is 0.130 e. The maximum absolute atomic E-state index is 7.18. The second-order valence-corrected chi connectivity index (χ2v) is 0.300. The zero-order chi connectivity index (χ0) is 4.71. The molecule has 0 saturated heterocycles. The first-order chi connectivity index (χ1) is 2.41. The van der Waals surface area contributed by atoms with Crippen molar-refractivity contribution in [3.8, 4) is 5.40 Å². The normalized spacial score (nSPS) is 2.80. The predicted octanol–water partition coefficient (Wildman–Crippen LogP) is -0.0278. The number of hydrogen-bond acceptors (Lipinski definition) is 3. The maximum Gasteiger partial charge on any atom is 0.130 e. The van der Waals surface area contributed by atoms with E-state index in [4.69, 9.17) is 5.26 Å². The minimum atomic E-state index is 1.44. The number of thiol groups is 1. The molecule has 2 N–H and O–H groups in total. The molecule has 0 fully saturated rings. The molecule has 30 valence electrons. The lowest BCUT2D eigenvalue weighted by atomic mass is 11.6. The molecule has 0 unspecified atom stereocenters. The van der Waals surface area contributed by atoms with Crippen LogP contribution in [0, 0.1) is 10.7 Å². The van der Waals surface area contributed by atoms with E-state index in [-0.39, 0.29) is 0 Å². The summed E-state index contributed by atoms with van der Waals surface area (Å²) in [5.41, 5.74) is 4.50. The average molecular weight is 90.2 g/mol. The van der Waals surface area contributed by atoms with Crippen molar-refractivity contribution in [3.63, 3.8) is 0 Å². The van der Waals surface area contributed by atoms with Crippen LogP contribution in [0.2, 0.25) is 0 Å². The maximum atomic E-state index is 7.18. The van der Waals surface area contributed by atoms with Crippen molar-refractivity contribution in [1.29, 1.82) is 5.26 Å². The van der Waals surface area contributed by atoms with Gasteiger partial charge in [0.15, 0.2) is 0 Å². The summed E-state index contributed by atoms with van der Waals surface area (Å²) >= 11 is 3.09. The highest BCUT2D eigenvalue weighted by atomic mass is 32.1. The summed E-state index contributed by atoms with van der Waals surface area (Å²) in [5.74, 6) is 0. The van der Waals surface area contributed by atoms with E-state index in [1.54, 1.807) is 0 Å². The Labute approximate surface area is 37.0 Å². The quantitative estimate of drug-likeness (QED) is 0.324. The molecule has 2 nitrogen and oxygen atoms in total. The zero-order valence-corrected chi connectivity index (χ0v) is 3.87. The zero-order valence-electron chi connectivity index (χ0n) is 2.97. The van der Waals surface area contributed by atoms with E-state index in [0.717, 1.165) is 0 Å². The largest absolute Gasteiger partial charge is 0.333 e. The topological polar surface area (TPSA) is 49.8 Å². The molecule has 0 aromatic carbocycles. The van der Waals surface area contributed by atoms with Crippen LogP contribution >= 0.6 is 12.6 Å². The van der Waals surface area contributed by atoms with Crippen molar-refractivity contribution < 1.29 is 0 Å². The Morgan fingerprint density at radius 1 is 1.80 bits per heavy atom. The Morgan fingerprint density at radius 2 is 1.80 bits per heavy atom. The fourth-order valence-electron chi connectivity index (χ4n) is 0. The van der Waals surface area contributed by atoms with Gasteiger partial charge in [0, 0.05) is 0 Å². The van der Waals surface area contributed by atoms with E-state index in [9.17, 15) is 0 Å². The first-order valence-corrected chi connectivity index (χ1v) is 1.47. The van der Waals surface area contributed by atoms with Gasteiger partial charge in [-0.3, -0.25) is 0 Å². The Hall–Kier alpha value is -0.200. The third-order valence-electron chi connectivity index (χ3n) is 0. The van der Waals surface area contributed by atoms with Gasteiger partial charge >= 0.3 is 0 Å². The van der Waals surface area contributed by atoms with Crippen molar-refractivity contribution >= 4 is 12.6 Å². The van der Waals surface area contributed by atoms with Gasteiger partial charge in [-0.25, -0.2) is 0 Å². The molecular formula is C2H6N2S. The molecule has 0 spiro atoms. The third-order valence-corrected chi connectivity index (χ3v) is 0. The average Bonchev–Trinajstić information content (AvgIpc) is 1.46. The van der Waals surface area contributed by atoms with E-state index >= 15 is 0 Å². The lowest BCUT2D eigenvalue weighted by Crippen LogP contribution is -1.69. The predicted molar refractivity (Wildman–Crippen MR) is 24.7 cm³/mol. The highest BCUT2D eigenvalue weighted by Gasteiger charge is 1.18. The highest BCUT2D eigenvalue weighted by Crippen LogP contribution is 1.46. The summed E-state index contributed by atoms with van der Waals surface area (Å²) in [6, 6.07) is 0. The van der Waals surface area contributed by atoms with Crippen molar-refractivity contribution in [2.45, 2.75) is 0 Å². The van der Waals surface area contributed by atoms with Crippen LogP contribution < -0.4 is 5.73 Å². The summed E-state index contributed by atoms with van der Waals surface area (Å²) in [7, 11) is 1.50. The number of nitrogens with zero attached hydrogens (tertiary/aromatic N) is 1. The summed E-state index contributed by atoms with van der Waals surface area (Å²) < 4.78 is 0. The molecule has 0 aromatic rings. The van der Waals surface area contributed by atoms with Gasteiger partial charge in [-0.2, -0.15) is 5.26 Å². The van der Waals surface area contributed by atoms with Gasteiger partial charge < -0.3 is 5.73 Å². The third kappa shape index (κ3) is 308. The monoisotopic (exact) mass is 90.0 g/mol. The standard InChI is InChI=1S/CHNS.CH5N/c2-1-3;1-2/h3H;2H2,1H3. The van der Waals surface area contributed by atoms with Crippen LogP contribution in [0.25, 0.3) is 0 Å². The first kappa shape index (κ1) is 8.84. The number of nitrogens with two attached hydrogens (primary N) is 1. The molecule has 0 bridgehead atoms. The second-order valence-electron chi connectivity index (χ2n) is 0.100. The molecular weight excluding hydrogens is 84.1 g/mol. The molecule has 0 aliphatic carbocycles. The first-order valence-electron chi connectivity index (χ1n) is 1.02. The van der Waals surface area contributed by atoms with E-state index < -0.39 is 0 Å². The Balaban J connectivity index is 0. The minimum Gasteiger partial charge on any atom is -0.333 e. The van der Waals surface area contributed by atoms with Gasteiger partial charge in [-0.15, -0.1) is 0 Å². The van der Waals surface area contributed by atoms with Crippen LogP contribution in [0.1, 0.15) is 0 Å². The molecule has 0 amide bonds. The lowest BCUT2D eigenvalue weighted by Gasteiger charge is -1.19. The summed E-state index contributed by atoms with van der Waals surface area (Å²) in [6.07, 6.45) is 0. The molecule has 0 aromatic heterocycles. The fraction of sp³-hybridized carbons (Fsp3) is 0.500. The van der Waals surface area contributed by atoms with E-state index in [2.05, 4.69) is 18.4 Å². The molecule has 0 saturated carbocycles. The summed E-state index contributed by atoms with van der Waals surface area (Å²) in [5, 5.41) is 8.63. The van der Waals surface area contributed by atoms with E-state index in [1.807, 2.05) is 0 Å². The molecule has 0 atom stereocenters. The Kier molecular flexibility index (Phi) is 82.3. The van der Waals surface area contributed by atoms with E-state index in [0.29, 0.717) is 0 Å². The molecule has 0 heterocycles. The number of rotatable bonds is 0. The van der Waals surface area contributed by atoms with Gasteiger partial charge in [0.05, 0.1) is 0 Å². The number of thiocyanates is 1. The van der Waals surface area contributed by atoms with Crippen LogP contribution in [0.4, 0.5) is 0 Å². The molecule has 0 aliphatic rings. The molecule has 3 heteroatoms. The molecule has 0 rings (SSSR count). The summed E-state index contributed by atoms with van der Waals surface area (Å²) in [6.45, 7) is 0. The second kappa shape index (κ2) is 46.5. The van der Waals surface area contributed by atoms with Crippen LogP contribution in [-0.4, -0.2) is 7.05 Å². The van der Waals surface area contributed by atoms with Crippen molar-refractivity contribution in [1.82, 2.24) is 0 Å². The van der Waals surface area contributed by atoms with Crippen LogP contribution in [0.5, 0.6) is 0 Å². The van der Waals surface area contributed by atoms with Crippen LogP contribution in [0.3, 0.4) is 0 Å². The van der Waals surface area contributed by atoms with Crippen molar-refractivity contribution in [3.05, 3.63) is 0 Å². The highest BCUT2D eigenvalue weighted by molar-refractivity contribution is 7.85. The van der Waals surface area contributed by atoms with Gasteiger partial charge in [0.1, 0.15) is 5.40 Å². The molecule has 5 heavy (non-hydrogen) atoms. The number of hydrogen-bond donors (Lipinski definition) is 2. The Bertz CT molecular complexity index is 29.1. The minimum absolute atomic E-state index is 1.44. The Morgan fingerprint density at radius 3 is 1.80 bits per heavy atom. The van der Waals surface area contributed by atoms with Gasteiger partial charge in [0.25, 0.3) is 0 Å². The van der Waals surface area contributed by atoms with Gasteiger partial charge in [0.2, 0.25) is 0 Å². The lowest BCUT2D eigenvalue weighted by molar-refractivity contribution is 1.48. The molecule has 0 radical (unpaired) electrons. The fourth-order valence-corrected chi connectivity index (χ4v) is 0. The SMILES string of the molecule is CN.N#CS. The number of nitriles is 1. The van der Waals surface area contributed by atoms with Crippen LogP contribution in [0.15, 0.2) is 0 Å². The van der Waals surface area contributed by atoms with Crippen molar-refractivity contribution in [2.75, 3.05) is 7.05 Å². The summed E-state index contributed by atoms with van der Waals surface area (Å²) in [4.78, 5) is 0. The van der Waals surface area contributed by atoms with Gasteiger partial charge in [-0.1, -0.05) is 12.6 Å². The molecule has 0 aliphatic heterocycles. The van der Waals surface area contributed by atoms with Gasteiger partial charge in [-0.05, 0) is 7.05 Å². The van der Waals surface area contributed by atoms with E-state index in [1.165, 1.54) is 12.4 Å². The van der Waals surface area contributed by atoms with Crippen molar-refractivity contribution in [2.24, 2.45) is 5.73 Å².